The molecule has 0 aromatic heterocycles. The van der Waals surface area contributed by atoms with Gasteiger partial charge in [-0.25, -0.2) is 0 Å². The molecule has 1 N–H and O–H groups in total. The molecule has 4 atom stereocenters. The summed E-state index contributed by atoms with van der Waals surface area (Å²) < 4.78 is 32.8. The molecule has 8 heteroatoms. The van der Waals surface area contributed by atoms with Crippen molar-refractivity contribution >= 4 is 5.97 Å². The topological polar surface area (TPSA) is 92.7 Å². The van der Waals surface area contributed by atoms with Crippen LogP contribution in [0.1, 0.15) is 28.7 Å². The zero-order chi connectivity index (χ0) is 22.3. The van der Waals surface area contributed by atoms with E-state index in [1.54, 1.807) is 34.5 Å². The van der Waals surface area contributed by atoms with Crippen LogP contribution in [0.4, 0.5) is 0 Å². The van der Waals surface area contributed by atoms with Gasteiger partial charge in [0, 0.05) is 11.8 Å². The number of cyclic esters (lactones) is 1. The average molecular weight is 430 g/mol. The molecule has 8 nitrogen and oxygen atoms in total. The van der Waals surface area contributed by atoms with Crippen molar-refractivity contribution in [1.29, 1.82) is 0 Å². The van der Waals surface area contributed by atoms with Crippen molar-refractivity contribution in [2.75, 3.05) is 42.2 Å². The Kier molecular flexibility index (Phi) is 5.58. The van der Waals surface area contributed by atoms with Crippen LogP contribution in [-0.4, -0.2) is 53.2 Å². The second-order valence-electron chi connectivity index (χ2n) is 7.54. The van der Waals surface area contributed by atoms with Crippen LogP contribution < -0.4 is 23.7 Å². The molecule has 1 heterocycles. The Morgan fingerprint density at radius 3 is 1.87 bits per heavy atom. The van der Waals surface area contributed by atoms with Gasteiger partial charge in [-0.15, -0.1) is 0 Å². The van der Waals surface area contributed by atoms with E-state index in [-0.39, 0.29) is 18.5 Å². The molecule has 2 aromatic carbocycles. The Balaban J connectivity index is 1.98. The van der Waals surface area contributed by atoms with E-state index in [0.29, 0.717) is 34.3 Å². The summed E-state index contributed by atoms with van der Waals surface area (Å²) in [6.07, 6.45) is -0.871. The van der Waals surface area contributed by atoms with Gasteiger partial charge in [-0.05, 0) is 41.0 Å². The highest BCUT2D eigenvalue weighted by atomic mass is 16.5. The van der Waals surface area contributed by atoms with Crippen LogP contribution in [0.5, 0.6) is 28.7 Å². The van der Waals surface area contributed by atoms with Gasteiger partial charge >= 0.3 is 5.97 Å². The molecule has 1 aliphatic carbocycles. The Morgan fingerprint density at radius 2 is 1.35 bits per heavy atom. The first-order chi connectivity index (χ1) is 15.0. The predicted molar refractivity (Wildman–Crippen MR) is 110 cm³/mol. The number of ether oxygens (including phenoxy) is 6. The van der Waals surface area contributed by atoms with Crippen molar-refractivity contribution in [1.82, 2.24) is 0 Å². The Labute approximate surface area is 180 Å². The van der Waals surface area contributed by atoms with E-state index in [9.17, 15) is 9.90 Å². The zero-order valence-electron chi connectivity index (χ0n) is 18.1. The van der Waals surface area contributed by atoms with E-state index in [1.165, 1.54) is 7.11 Å². The van der Waals surface area contributed by atoms with Crippen molar-refractivity contribution in [3.8, 4) is 28.7 Å². The van der Waals surface area contributed by atoms with E-state index >= 15 is 0 Å². The predicted octanol–water partition coefficient (Wildman–Crippen LogP) is 2.70. The highest BCUT2D eigenvalue weighted by Gasteiger charge is 2.52. The number of aliphatic hydroxyl groups excluding tert-OH is 1. The lowest BCUT2D eigenvalue weighted by Crippen LogP contribution is -2.34. The fourth-order valence-corrected chi connectivity index (χ4v) is 4.75. The molecule has 0 spiro atoms. The van der Waals surface area contributed by atoms with Crippen LogP contribution in [0, 0.1) is 11.8 Å². The number of carbonyl (C=O) groups excluding carboxylic acids is 1. The number of esters is 1. The summed E-state index contributed by atoms with van der Waals surface area (Å²) in [6, 6.07) is 7.23. The highest BCUT2D eigenvalue weighted by molar-refractivity contribution is 5.79. The van der Waals surface area contributed by atoms with E-state index in [2.05, 4.69) is 0 Å². The summed E-state index contributed by atoms with van der Waals surface area (Å²) in [5, 5.41) is 11.1. The van der Waals surface area contributed by atoms with Crippen molar-refractivity contribution in [2.24, 2.45) is 11.8 Å². The molecular weight excluding hydrogens is 404 g/mol. The molecule has 0 saturated carbocycles. The number of aliphatic hydroxyl groups is 1. The van der Waals surface area contributed by atoms with Crippen molar-refractivity contribution in [3.05, 3.63) is 41.0 Å². The van der Waals surface area contributed by atoms with Gasteiger partial charge in [0.2, 0.25) is 5.75 Å². The lowest BCUT2D eigenvalue weighted by molar-refractivity contribution is -0.141. The summed E-state index contributed by atoms with van der Waals surface area (Å²) in [5.74, 6) is 0.729. The molecule has 4 unspecified atom stereocenters. The number of hydrogen-bond acceptors (Lipinski definition) is 8. The maximum atomic E-state index is 12.8. The van der Waals surface area contributed by atoms with Crippen LogP contribution >= 0.6 is 0 Å². The normalized spacial score (nSPS) is 24.0. The Hall–Kier alpha value is -3.13. The molecule has 1 saturated heterocycles. The second kappa shape index (κ2) is 8.19. The summed E-state index contributed by atoms with van der Waals surface area (Å²) in [5.41, 5.74) is 2.22. The highest BCUT2D eigenvalue weighted by Crippen LogP contribution is 2.55. The van der Waals surface area contributed by atoms with E-state index in [4.69, 9.17) is 28.4 Å². The minimum Gasteiger partial charge on any atom is -0.493 e. The second-order valence-corrected chi connectivity index (χ2v) is 7.54. The van der Waals surface area contributed by atoms with Crippen LogP contribution in [0.3, 0.4) is 0 Å². The summed E-state index contributed by atoms with van der Waals surface area (Å²) >= 11 is 0. The third kappa shape index (κ3) is 3.22. The fraction of sp³-hybridized carbons (Fsp3) is 0.435. The average Bonchev–Trinajstić information content (AvgIpc) is 3.19. The van der Waals surface area contributed by atoms with E-state index in [0.717, 1.165) is 11.1 Å². The minimum absolute atomic E-state index is 0.152. The molecule has 0 radical (unpaired) electrons. The Bertz CT molecular complexity index is 976. The monoisotopic (exact) mass is 430 g/mol. The third-order valence-electron chi connectivity index (χ3n) is 6.21. The minimum atomic E-state index is -0.871. The van der Waals surface area contributed by atoms with Gasteiger partial charge in [-0.1, -0.05) is 0 Å². The first kappa shape index (κ1) is 21.1. The number of carbonyl (C=O) groups is 1. The van der Waals surface area contributed by atoms with Crippen LogP contribution in [0.15, 0.2) is 24.3 Å². The van der Waals surface area contributed by atoms with Gasteiger partial charge in [0.1, 0.15) is 0 Å². The van der Waals surface area contributed by atoms with Crippen LogP contribution in [0.2, 0.25) is 0 Å². The van der Waals surface area contributed by atoms with Gasteiger partial charge < -0.3 is 33.5 Å². The van der Waals surface area contributed by atoms with Gasteiger partial charge in [-0.3, -0.25) is 4.79 Å². The van der Waals surface area contributed by atoms with Crippen LogP contribution in [0.25, 0.3) is 0 Å². The molecular formula is C23H26O8. The molecule has 166 valence electrons. The van der Waals surface area contributed by atoms with Gasteiger partial charge in [0.05, 0.1) is 54.2 Å². The number of hydrogen-bond donors (Lipinski definition) is 1. The number of methoxy groups -OCH3 is 5. The van der Waals surface area contributed by atoms with Gasteiger partial charge in [0.25, 0.3) is 0 Å². The molecule has 1 fully saturated rings. The Morgan fingerprint density at radius 1 is 0.806 bits per heavy atom. The fourth-order valence-electron chi connectivity index (χ4n) is 4.75. The molecule has 2 aliphatic rings. The quantitative estimate of drug-likeness (QED) is 0.700. The lowest BCUT2D eigenvalue weighted by Gasteiger charge is -2.37. The van der Waals surface area contributed by atoms with Crippen molar-refractivity contribution in [2.45, 2.75) is 12.0 Å². The number of fused-ring (bicyclic) bond motifs is 2. The zero-order valence-corrected chi connectivity index (χ0v) is 18.1. The largest absolute Gasteiger partial charge is 0.493 e. The SMILES string of the molecule is COc1cc2c(cc1OC)C(c1cc(OC)c(OC)c(OC)c1)C1C(=O)OCC1C2O. The van der Waals surface area contributed by atoms with Crippen LogP contribution in [-0.2, 0) is 9.53 Å². The van der Waals surface area contributed by atoms with Gasteiger partial charge in [-0.2, -0.15) is 0 Å². The molecule has 4 rings (SSSR count). The summed E-state index contributed by atoms with van der Waals surface area (Å²) in [4.78, 5) is 12.8. The standard InChI is InChI=1S/C23H26O8/c1-26-15-8-12-13(9-16(15)27-2)21(24)14-10-31-23(25)20(14)19(12)11-6-17(28-3)22(30-5)18(7-11)29-4/h6-9,14,19-21,24H,10H2,1-5H3. The smallest absolute Gasteiger partial charge is 0.310 e. The van der Waals surface area contributed by atoms with E-state index in [1.807, 2.05) is 18.2 Å². The maximum Gasteiger partial charge on any atom is 0.310 e. The molecule has 0 amide bonds. The summed E-state index contributed by atoms with van der Waals surface area (Å²) in [7, 11) is 7.71. The summed E-state index contributed by atoms with van der Waals surface area (Å²) in [6.45, 7) is 0.152. The van der Waals surface area contributed by atoms with Crippen molar-refractivity contribution < 1.29 is 38.3 Å². The molecule has 2 aromatic rings. The first-order valence-corrected chi connectivity index (χ1v) is 9.89. The third-order valence-corrected chi connectivity index (χ3v) is 6.21. The molecule has 0 bridgehead atoms. The van der Waals surface area contributed by atoms with E-state index < -0.39 is 17.9 Å². The number of benzene rings is 2. The first-order valence-electron chi connectivity index (χ1n) is 9.89. The number of rotatable bonds is 6. The maximum absolute atomic E-state index is 12.8. The molecule has 1 aliphatic heterocycles. The lowest BCUT2D eigenvalue weighted by atomic mass is 9.66. The van der Waals surface area contributed by atoms with Gasteiger partial charge in [0.15, 0.2) is 23.0 Å². The molecule has 31 heavy (non-hydrogen) atoms. The van der Waals surface area contributed by atoms with Crippen molar-refractivity contribution in [3.63, 3.8) is 0 Å².